The molecule has 0 radical (unpaired) electrons. The van der Waals surface area contributed by atoms with E-state index in [4.69, 9.17) is 5.73 Å². The van der Waals surface area contributed by atoms with Crippen LogP contribution >= 0.6 is 0 Å². The molecule has 2 heterocycles. The van der Waals surface area contributed by atoms with E-state index in [-0.39, 0.29) is 6.04 Å². The summed E-state index contributed by atoms with van der Waals surface area (Å²) in [5, 5.41) is 4.33. The zero-order chi connectivity index (χ0) is 13.9. The molecule has 5 heteroatoms. The van der Waals surface area contributed by atoms with E-state index in [2.05, 4.69) is 27.6 Å². The van der Waals surface area contributed by atoms with E-state index < -0.39 is 0 Å². The second-order valence-electron chi connectivity index (χ2n) is 5.03. The standard InChI is InChI=1S/C15H19N5/c1-2-7-20-9-12(8-18-20)13(16)10-19-11-17-14-5-3-4-6-15(14)19/h3-6,8-9,11,13H,2,7,10,16H2,1H3. The van der Waals surface area contributed by atoms with E-state index in [1.54, 1.807) is 0 Å². The highest BCUT2D eigenvalue weighted by molar-refractivity contribution is 5.74. The Morgan fingerprint density at radius 2 is 2.15 bits per heavy atom. The van der Waals surface area contributed by atoms with Gasteiger partial charge in [0.1, 0.15) is 0 Å². The summed E-state index contributed by atoms with van der Waals surface area (Å²) in [7, 11) is 0. The molecule has 0 amide bonds. The summed E-state index contributed by atoms with van der Waals surface area (Å²) < 4.78 is 4.04. The van der Waals surface area contributed by atoms with Crippen LogP contribution in [0.3, 0.4) is 0 Å². The molecule has 3 aromatic rings. The quantitative estimate of drug-likeness (QED) is 0.773. The van der Waals surface area contributed by atoms with Gasteiger partial charge in [0.05, 0.1) is 29.6 Å². The summed E-state index contributed by atoms with van der Waals surface area (Å²) in [6.45, 7) is 3.78. The number of aryl methyl sites for hydroxylation is 1. The van der Waals surface area contributed by atoms with Gasteiger partial charge < -0.3 is 10.3 Å². The van der Waals surface area contributed by atoms with Crippen LogP contribution in [0.5, 0.6) is 0 Å². The van der Waals surface area contributed by atoms with Crippen molar-refractivity contribution in [2.45, 2.75) is 32.5 Å². The summed E-state index contributed by atoms with van der Waals surface area (Å²) in [4.78, 5) is 4.39. The average molecular weight is 269 g/mol. The molecule has 0 saturated carbocycles. The number of nitrogens with zero attached hydrogens (tertiary/aromatic N) is 4. The van der Waals surface area contributed by atoms with Crippen molar-refractivity contribution in [3.63, 3.8) is 0 Å². The summed E-state index contributed by atoms with van der Waals surface area (Å²) in [5.74, 6) is 0. The minimum atomic E-state index is -0.0711. The van der Waals surface area contributed by atoms with Crippen LogP contribution in [0, 0.1) is 0 Å². The molecule has 20 heavy (non-hydrogen) atoms. The Hall–Kier alpha value is -2.14. The highest BCUT2D eigenvalue weighted by atomic mass is 15.3. The lowest BCUT2D eigenvalue weighted by Gasteiger charge is -2.11. The van der Waals surface area contributed by atoms with Crippen molar-refractivity contribution < 1.29 is 0 Å². The van der Waals surface area contributed by atoms with Gasteiger partial charge in [-0.15, -0.1) is 0 Å². The van der Waals surface area contributed by atoms with Gasteiger partial charge in [-0.2, -0.15) is 5.10 Å². The maximum Gasteiger partial charge on any atom is 0.0958 e. The highest BCUT2D eigenvalue weighted by Crippen LogP contribution is 2.17. The van der Waals surface area contributed by atoms with Crippen LogP contribution in [-0.4, -0.2) is 19.3 Å². The molecule has 2 aromatic heterocycles. The molecule has 0 aliphatic carbocycles. The number of benzene rings is 1. The second kappa shape index (κ2) is 5.46. The second-order valence-corrected chi connectivity index (χ2v) is 5.03. The van der Waals surface area contributed by atoms with Gasteiger partial charge in [0.15, 0.2) is 0 Å². The summed E-state index contributed by atoms with van der Waals surface area (Å²) in [6, 6.07) is 8.02. The van der Waals surface area contributed by atoms with E-state index in [0.29, 0.717) is 6.54 Å². The first kappa shape index (κ1) is 12.9. The molecule has 0 spiro atoms. The molecule has 0 bridgehead atoms. The van der Waals surface area contributed by atoms with Gasteiger partial charge in [0, 0.05) is 24.8 Å². The maximum absolute atomic E-state index is 6.28. The third kappa shape index (κ3) is 2.44. The van der Waals surface area contributed by atoms with Crippen molar-refractivity contribution in [3.8, 4) is 0 Å². The maximum atomic E-state index is 6.28. The van der Waals surface area contributed by atoms with E-state index in [9.17, 15) is 0 Å². The molecule has 0 fully saturated rings. The van der Waals surface area contributed by atoms with Gasteiger partial charge in [-0.1, -0.05) is 19.1 Å². The predicted octanol–water partition coefficient (Wildman–Crippen LogP) is 2.34. The van der Waals surface area contributed by atoms with Crippen molar-refractivity contribution >= 4 is 11.0 Å². The van der Waals surface area contributed by atoms with Gasteiger partial charge in [-0.3, -0.25) is 4.68 Å². The van der Waals surface area contributed by atoms with E-state index in [1.807, 2.05) is 41.6 Å². The number of nitrogens with two attached hydrogens (primary N) is 1. The SMILES string of the molecule is CCCn1cc(C(N)Cn2cnc3ccccc32)cn1. The first-order chi connectivity index (χ1) is 9.78. The third-order valence-electron chi connectivity index (χ3n) is 3.45. The van der Waals surface area contributed by atoms with Crippen LogP contribution in [0.1, 0.15) is 24.9 Å². The molecule has 1 aromatic carbocycles. The van der Waals surface area contributed by atoms with Crippen molar-refractivity contribution in [3.05, 3.63) is 48.5 Å². The van der Waals surface area contributed by atoms with Crippen LogP contribution in [0.15, 0.2) is 43.0 Å². The monoisotopic (exact) mass is 269 g/mol. The fraction of sp³-hybridized carbons (Fsp3) is 0.333. The Kier molecular flexibility index (Phi) is 3.52. The fourth-order valence-electron chi connectivity index (χ4n) is 2.40. The number of aromatic nitrogens is 4. The number of hydrogen-bond donors (Lipinski definition) is 1. The Morgan fingerprint density at radius 3 is 3.00 bits per heavy atom. The minimum absolute atomic E-state index is 0.0711. The van der Waals surface area contributed by atoms with E-state index in [0.717, 1.165) is 29.6 Å². The predicted molar refractivity (Wildman–Crippen MR) is 79.2 cm³/mol. The van der Waals surface area contributed by atoms with Crippen LogP contribution in [0.2, 0.25) is 0 Å². The van der Waals surface area contributed by atoms with Gasteiger partial charge in [-0.05, 0) is 18.6 Å². The van der Waals surface area contributed by atoms with Crippen LogP contribution in [0.4, 0.5) is 0 Å². The number of fused-ring (bicyclic) bond motifs is 1. The summed E-state index contributed by atoms with van der Waals surface area (Å²) >= 11 is 0. The lowest BCUT2D eigenvalue weighted by atomic mass is 10.2. The van der Waals surface area contributed by atoms with Crippen molar-refractivity contribution in [2.75, 3.05) is 0 Å². The lowest BCUT2D eigenvalue weighted by Crippen LogP contribution is -2.16. The average Bonchev–Trinajstić information content (AvgIpc) is 3.07. The van der Waals surface area contributed by atoms with Crippen molar-refractivity contribution in [2.24, 2.45) is 5.73 Å². The van der Waals surface area contributed by atoms with Crippen LogP contribution < -0.4 is 5.73 Å². The Bertz CT molecular complexity index is 697. The minimum Gasteiger partial charge on any atom is -0.329 e. The van der Waals surface area contributed by atoms with Crippen molar-refractivity contribution in [1.82, 2.24) is 19.3 Å². The van der Waals surface area contributed by atoms with Crippen LogP contribution in [-0.2, 0) is 13.1 Å². The Labute approximate surface area is 118 Å². The van der Waals surface area contributed by atoms with Crippen molar-refractivity contribution in [1.29, 1.82) is 0 Å². The molecule has 0 aliphatic rings. The first-order valence-electron chi connectivity index (χ1n) is 6.95. The summed E-state index contributed by atoms with van der Waals surface area (Å²) in [5.41, 5.74) is 9.47. The zero-order valence-electron chi connectivity index (χ0n) is 11.6. The smallest absolute Gasteiger partial charge is 0.0958 e. The molecule has 0 aliphatic heterocycles. The van der Waals surface area contributed by atoms with E-state index in [1.165, 1.54) is 0 Å². The Balaban J connectivity index is 1.79. The number of rotatable bonds is 5. The summed E-state index contributed by atoms with van der Waals surface area (Å²) in [6.07, 6.45) is 6.82. The zero-order valence-corrected chi connectivity index (χ0v) is 11.6. The number of hydrogen-bond acceptors (Lipinski definition) is 3. The topological polar surface area (TPSA) is 61.7 Å². The highest BCUT2D eigenvalue weighted by Gasteiger charge is 2.11. The first-order valence-corrected chi connectivity index (χ1v) is 6.95. The largest absolute Gasteiger partial charge is 0.329 e. The fourth-order valence-corrected chi connectivity index (χ4v) is 2.40. The molecule has 104 valence electrons. The van der Waals surface area contributed by atoms with Crippen LogP contribution in [0.25, 0.3) is 11.0 Å². The third-order valence-corrected chi connectivity index (χ3v) is 3.45. The molecule has 1 atom stereocenters. The van der Waals surface area contributed by atoms with Gasteiger partial charge in [-0.25, -0.2) is 4.98 Å². The molecule has 2 N–H and O–H groups in total. The molecular weight excluding hydrogens is 250 g/mol. The molecule has 0 saturated heterocycles. The lowest BCUT2D eigenvalue weighted by molar-refractivity contribution is 0.581. The number of para-hydroxylation sites is 2. The van der Waals surface area contributed by atoms with E-state index >= 15 is 0 Å². The normalized spacial score (nSPS) is 12.9. The molecule has 3 rings (SSSR count). The molecular formula is C15H19N5. The van der Waals surface area contributed by atoms with Gasteiger partial charge >= 0.3 is 0 Å². The number of imidazole rings is 1. The van der Waals surface area contributed by atoms with Gasteiger partial charge in [0.25, 0.3) is 0 Å². The van der Waals surface area contributed by atoms with Gasteiger partial charge in [0.2, 0.25) is 0 Å². The molecule has 1 unspecified atom stereocenters. The Morgan fingerprint density at radius 1 is 1.30 bits per heavy atom. The molecule has 5 nitrogen and oxygen atoms in total.